The molecule has 7 nitrogen and oxygen atoms in total. The Labute approximate surface area is 193 Å². The number of nitrogens with zero attached hydrogens (tertiary/aromatic N) is 4. The van der Waals surface area contributed by atoms with E-state index >= 15 is 0 Å². The minimum atomic E-state index is -3.33. The SMILES string of the molecule is CC.Cn1ccc2ccc(-c3cc(Nc4cc(S(C)(=O)=O)ccn4)cc4nccnc34)cc21. The van der Waals surface area contributed by atoms with Crippen molar-refractivity contribution in [1.82, 2.24) is 19.5 Å². The van der Waals surface area contributed by atoms with Crippen LogP contribution in [0.15, 0.2) is 78.2 Å². The van der Waals surface area contributed by atoms with Gasteiger partial charge < -0.3 is 9.88 Å². The van der Waals surface area contributed by atoms with E-state index in [0.29, 0.717) is 5.82 Å². The van der Waals surface area contributed by atoms with Crippen molar-refractivity contribution in [1.29, 1.82) is 0 Å². The van der Waals surface area contributed by atoms with Crippen LogP contribution in [0.5, 0.6) is 0 Å². The van der Waals surface area contributed by atoms with E-state index in [1.807, 2.05) is 39.2 Å². The highest BCUT2D eigenvalue weighted by molar-refractivity contribution is 7.90. The summed E-state index contributed by atoms with van der Waals surface area (Å²) in [6.45, 7) is 4.00. The van der Waals surface area contributed by atoms with E-state index in [0.717, 1.165) is 38.8 Å². The quantitative estimate of drug-likeness (QED) is 0.389. The molecule has 3 aromatic heterocycles. The molecular weight excluding hydrogens is 434 g/mol. The molecule has 0 atom stereocenters. The van der Waals surface area contributed by atoms with Crippen molar-refractivity contribution in [2.75, 3.05) is 11.6 Å². The van der Waals surface area contributed by atoms with Crippen molar-refractivity contribution in [3.8, 4) is 11.1 Å². The smallest absolute Gasteiger partial charge is 0.175 e. The normalized spacial score (nSPS) is 11.3. The summed E-state index contributed by atoms with van der Waals surface area (Å²) in [5.74, 6) is 0.440. The van der Waals surface area contributed by atoms with Crippen molar-refractivity contribution in [3.05, 3.63) is 73.3 Å². The van der Waals surface area contributed by atoms with Crippen LogP contribution in [0.1, 0.15) is 13.8 Å². The fourth-order valence-corrected chi connectivity index (χ4v) is 4.29. The lowest BCUT2D eigenvalue weighted by molar-refractivity contribution is 0.602. The number of nitrogens with one attached hydrogen (secondary N) is 1. The summed E-state index contributed by atoms with van der Waals surface area (Å²) in [6, 6.07) is 15.2. The summed E-state index contributed by atoms with van der Waals surface area (Å²) >= 11 is 0. The molecule has 0 saturated carbocycles. The van der Waals surface area contributed by atoms with Gasteiger partial charge in [0.15, 0.2) is 9.84 Å². The standard InChI is InChI=1S/C23H19N5O2S.C2H6/c1-28-10-6-15-3-4-16(11-21(15)28)19-12-17(13-20-23(19)26-9-8-24-20)27-22-14-18(5-7-25-22)31(2,29)30;1-2/h3-14H,1-2H3,(H,25,27);1-2H3. The Morgan fingerprint density at radius 3 is 2.45 bits per heavy atom. The van der Waals surface area contributed by atoms with Crippen molar-refractivity contribution in [3.63, 3.8) is 0 Å². The molecule has 8 heteroatoms. The molecule has 0 aliphatic heterocycles. The number of anilines is 2. The highest BCUT2D eigenvalue weighted by atomic mass is 32.2. The average Bonchev–Trinajstić information content (AvgIpc) is 3.19. The van der Waals surface area contributed by atoms with E-state index in [2.05, 4.69) is 49.1 Å². The number of hydrogen-bond donors (Lipinski definition) is 1. The molecule has 33 heavy (non-hydrogen) atoms. The van der Waals surface area contributed by atoms with Gasteiger partial charge in [-0.25, -0.2) is 13.4 Å². The van der Waals surface area contributed by atoms with Crippen LogP contribution in [0.4, 0.5) is 11.5 Å². The van der Waals surface area contributed by atoms with Crippen LogP contribution in [-0.4, -0.2) is 34.2 Å². The second-order valence-electron chi connectivity index (χ2n) is 7.42. The van der Waals surface area contributed by atoms with E-state index in [1.165, 1.54) is 24.6 Å². The lowest BCUT2D eigenvalue weighted by atomic mass is 10.0. The maximum atomic E-state index is 11.9. The first-order valence-electron chi connectivity index (χ1n) is 10.6. The summed E-state index contributed by atoms with van der Waals surface area (Å²) in [4.78, 5) is 13.5. The number of fused-ring (bicyclic) bond motifs is 2. The molecule has 0 saturated heterocycles. The number of hydrogen-bond acceptors (Lipinski definition) is 6. The predicted octanol–water partition coefficient (Wildman–Crippen LogP) is 5.36. The Bertz CT molecular complexity index is 1560. The third kappa shape index (κ3) is 4.56. The van der Waals surface area contributed by atoms with Gasteiger partial charge in [-0.15, -0.1) is 0 Å². The lowest BCUT2D eigenvalue weighted by Gasteiger charge is -2.12. The van der Waals surface area contributed by atoms with Gasteiger partial charge in [-0.2, -0.15) is 0 Å². The molecule has 0 unspecified atom stereocenters. The Kier molecular flexibility index (Phi) is 6.11. The lowest BCUT2D eigenvalue weighted by Crippen LogP contribution is -2.00. The molecule has 1 N–H and O–H groups in total. The maximum Gasteiger partial charge on any atom is 0.175 e. The molecule has 0 spiro atoms. The number of benzene rings is 2. The largest absolute Gasteiger partial charge is 0.351 e. The Morgan fingerprint density at radius 1 is 0.879 bits per heavy atom. The van der Waals surface area contributed by atoms with Gasteiger partial charge in [-0.3, -0.25) is 9.97 Å². The highest BCUT2D eigenvalue weighted by Crippen LogP contribution is 2.33. The number of aryl methyl sites for hydroxylation is 1. The molecular formula is C25H25N5O2S. The van der Waals surface area contributed by atoms with Crippen LogP contribution < -0.4 is 5.32 Å². The molecule has 5 rings (SSSR count). The van der Waals surface area contributed by atoms with Crippen LogP contribution in [-0.2, 0) is 16.9 Å². The van der Waals surface area contributed by atoms with Crippen molar-refractivity contribution >= 4 is 43.3 Å². The number of rotatable bonds is 4. The van der Waals surface area contributed by atoms with Crippen molar-refractivity contribution in [2.45, 2.75) is 18.7 Å². The Morgan fingerprint density at radius 2 is 1.67 bits per heavy atom. The predicted molar refractivity (Wildman–Crippen MR) is 133 cm³/mol. The fraction of sp³-hybridized carbons (Fsp3) is 0.160. The zero-order valence-electron chi connectivity index (χ0n) is 18.9. The molecule has 3 heterocycles. The molecule has 168 valence electrons. The molecule has 0 aliphatic carbocycles. The fourth-order valence-electron chi connectivity index (χ4n) is 3.66. The molecule has 0 aliphatic rings. The molecule has 0 bridgehead atoms. The Balaban J connectivity index is 0.00000126. The molecule has 0 radical (unpaired) electrons. The second kappa shape index (κ2) is 8.99. The van der Waals surface area contributed by atoms with Gasteiger partial charge in [0.2, 0.25) is 0 Å². The van der Waals surface area contributed by atoms with Gasteiger partial charge in [0.05, 0.1) is 15.9 Å². The van der Waals surface area contributed by atoms with Crippen molar-refractivity contribution < 1.29 is 8.42 Å². The maximum absolute atomic E-state index is 11.9. The van der Waals surface area contributed by atoms with Crippen LogP contribution in [0, 0.1) is 0 Å². The van der Waals surface area contributed by atoms with Gasteiger partial charge >= 0.3 is 0 Å². The van der Waals surface area contributed by atoms with Gasteiger partial charge in [-0.1, -0.05) is 26.0 Å². The summed E-state index contributed by atoms with van der Waals surface area (Å²) in [7, 11) is -1.31. The van der Waals surface area contributed by atoms with E-state index in [4.69, 9.17) is 0 Å². The molecule has 2 aromatic carbocycles. The van der Waals surface area contributed by atoms with Gasteiger partial charge in [0.1, 0.15) is 5.82 Å². The minimum absolute atomic E-state index is 0.208. The van der Waals surface area contributed by atoms with Crippen molar-refractivity contribution in [2.24, 2.45) is 7.05 Å². The van der Waals surface area contributed by atoms with Gasteiger partial charge in [0, 0.05) is 54.9 Å². The van der Waals surface area contributed by atoms with Gasteiger partial charge in [0.25, 0.3) is 0 Å². The second-order valence-corrected chi connectivity index (χ2v) is 9.44. The first-order valence-corrected chi connectivity index (χ1v) is 12.5. The summed E-state index contributed by atoms with van der Waals surface area (Å²) in [5.41, 5.74) is 5.33. The Hall–Kier alpha value is -3.78. The molecule has 0 amide bonds. The zero-order chi connectivity index (χ0) is 23.6. The van der Waals surface area contributed by atoms with E-state index in [-0.39, 0.29) is 4.90 Å². The first kappa shape index (κ1) is 22.4. The third-order valence-corrected chi connectivity index (χ3v) is 6.32. The number of aromatic nitrogens is 4. The van der Waals surface area contributed by atoms with E-state index in [9.17, 15) is 8.42 Å². The minimum Gasteiger partial charge on any atom is -0.351 e. The zero-order valence-corrected chi connectivity index (χ0v) is 19.8. The summed E-state index contributed by atoms with van der Waals surface area (Å²) in [5, 5.41) is 4.38. The molecule has 0 fully saturated rings. The average molecular weight is 460 g/mol. The van der Waals surface area contributed by atoms with Crippen LogP contribution in [0.25, 0.3) is 33.1 Å². The number of sulfone groups is 1. The summed E-state index contributed by atoms with van der Waals surface area (Å²) in [6.07, 6.45) is 8.01. The monoisotopic (exact) mass is 459 g/mol. The first-order chi connectivity index (χ1) is 15.9. The van der Waals surface area contributed by atoms with E-state index in [1.54, 1.807) is 12.4 Å². The third-order valence-electron chi connectivity index (χ3n) is 5.20. The van der Waals surface area contributed by atoms with E-state index < -0.39 is 9.84 Å². The molecule has 5 aromatic rings. The highest BCUT2D eigenvalue weighted by Gasteiger charge is 2.12. The number of pyridine rings is 1. The van der Waals surface area contributed by atoms with Crippen LogP contribution in [0.3, 0.4) is 0 Å². The summed E-state index contributed by atoms with van der Waals surface area (Å²) < 4.78 is 25.9. The topological polar surface area (TPSA) is 89.8 Å². The van der Waals surface area contributed by atoms with Crippen LogP contribution in [0.2, 0.25) is 0 Å². The van der Waals surface area contributed by atoms with Crippen LogP contribution >= 0.6 is 0 Å². The van der Waals surface area contributed by atoms with Gasteiger partial charge in [-0.05, 0) is 47.3 Å².